The molecule has 76 valence electrons. The molecule has 0 aliphatic heterocycles. The Kier molecular flexibility index (Phi) is 2.66. The first-order valence-corrected chi connectivity index (χ1v) is 5.36. The maximum absolute atomic E-state index is 5.58. The van der Waals surface area contributed by atoms with Crippen LogP contribution >= 0.6 is 0 Å². The summed E-state index contributed by atoms with van der Waals surface area (Å²) in [6.45, 7) is 2.01. The van der Waals surface area contributed by atoms with Gasteiger partial charge in [0.15, 0.2) is 0 Å². The summed E-state index contributed by atoms with van der Waals surface area (Å²) < 4.78 is 0. The zero-order valence-electron chi connectivity index (χ0n) is 8.66. The number of nitrogens with two attached hydrogens (primary N) is 1. The van der Waals surface area contributed by atoms with Crippen molar-refractivity contribution < 1.29 is 0 Å². The summed E-state index contributed by atoms with van der Waals surface area (Å²) in [5, 5.41) is 0. The van der Waals surface area contributed by atoms with Crippen LogP contribution in [0.15, 0.2) is 6.20 Å². The fourth-order valence-electron chi connectivity index (χ4n) is 2.29. The van der Waals surface area contributed by atoms with Crippen LogP contribution in [0.4, 0.5) is 5.82 Å². The molecule has 3 heteroatoms. The van der Waals surface area contributed by atoms with E-state index in [2.05, 4.69) is 9.97 Å². The molecule has 1 fully saturated rings. The third-order valence-electron chi connectivity index (χ3n) is 3.00. The Bertz CT molecular complexity index is 316. The second-order valence-electron chi connectivity index (χ2n) is 4.10. The van der Waals surface area contributed by atoms with Gasteiger partial charge in [-0.15, -0.1) is 0 Å². The normalized spacial score (nSPS) is 18.4. The van der Waals surface area contributed by atoms with Crippen LogP contribution in [0.1, 0.15) is 49.4 Å². The van der Waals surface area contributed by atoms with Crippen molar-refractivity contribution >= 4 is 5.82 Å². The summed E-state index contributed by atoms with van der Waals surface area (Å²) >= 11 is 0. The quantitative estimate of drug-likeness (QED) is 0.741. The average molecular weight is 191 g/mol. The number of rotatable bonds is 1. The maximum Gasteiger partial charge on any atom is 0.142 e. The Labute approximate surface area is 84.8 Å². The second kappa shape index (κ2) is 3.95. The van der Waals surface area contributed by atoms with Crippen LogP contribution in [-0.4, -0.2) is 9.97 Å². The van der Waals surface area contributed by atoms with Crippen LogP contribution in [0.3, 0.4) is 0 Å². The topological polar surface area (TPSA) is 51.8 Å². The highest BCUT2D eigenvalue weighted by molar-refractivity contribution is 5.28. The molecular weight excluding hydrogens is 174 g/mol. The van der Waals surface area contributed by atoms with Crippen LogP contribution in [0.2, 0.25) is 0 Å². The SMILES string of the molecule is Cc1nc(N)cnc1C1CCCCC1. The first kappa shape index (κ1) is 9.44. The molecule has 3 nitrogen and oxygen atoms in total. The van der Waals surface area contributed by atoms with Crippen molar-refractivity contribution in [3.8, 4) is 0 Å². The van der Waals surface area contributed by atoms with E-state index in [-0.39, 0.29) is 0 Å². The van der Waals surface area contributed by atoms with Crippen molar-refractivity contribution in [2.24, 2.45) is 0 Å². The van der Waals surface area contributed by atoms with Gasteiger partial charge in [0.2, 0.25) is 0 Å². The molecule has 1 aliphatic carbocycles. The number of hydrogen-bond donors (Lipinski definition) is 1. The lowest BCUT2D eigenvalue weighted by molar-refractivity contribution is 0.434. The van der Waals surface area contributed by atoms with E-state index in [9.17, 15) is 0 Å². The highest BCUT2D eigenvalue weighted by atomic mass is 14.9. The molecule has 0 saturated heterocycles. The highest BCUT2D eigenvalue weighted by Gasteiger charge is 2.18. The van der Waals surface area contributed by atoms with Gasteiger partial charge in [0.25, 0.3) is 0 Å². The van der Waals surface area contributed by atoms with Crippen molar-refractivity contribution in [2.45, 2.75) is 44.9 Å². The number of nitrogens with zero attached hydrogens (tertiary/aromatic N) is 2. The zero-order valence-corrected chi connectivity index (χ0v) is 8.66. The molecule has 0 amide bonds. The molecule has 0 radical (unpaired) electrons. The number of aromatic nitrogens is 2. The predicted octanol–water partition coefficient (Wildman–Crippen LogP) is 2.41. The van der Waals surface area contributed by atoms with E-state index in [1.807, 2.05) is 6.92 Å². The zero-order chi connectivity index (χ0) is 9.97. The van der Waals surface area contributed by atoms with Crippen LogP contribution in [0, 0.1) is 6.92 Å². The smallest absolute Gasteiger partial charge is 0.142 e. The number of nitrogen functional groups attached to an aromatic ring is 1. The van der Waals surface area contributed by atoms with Crippen molar-refractivity contribution in [2.75, 3.05) is 5.73 Å². The number of aryl methyl sites for hydroxylation is 1. The van der Waals surface area contributed by atoms with Gasteiger partial charge in [0.05, 0.1) is 17.6 Å². The van der Waals surface area contributed by atoms with Crippen molar-refractivity contribution in [3.05, 3.63) is 17.6 Å². The Morgan fingerprint density at radius 1 is 1.29 bits per heavy atom. The van der Waals surface area contributed by atoms with Crippen molar-refractivity contribution in [1.82, 2.24) is 9.97 Å². The molecule has 0 spiro atoms. The first-order valence-electron chi connectivity index (χ1n) is 5.36. The van der Waals surface area contributed by atoms with Gasteiger partial charge in [-0.3, -0.25) is 4.98 Å². The lowest BCUT2D eigenvalue weighted by Crippen LogP contribution is -2.10. The molecule has 1 heterocycles. The van der Waals surface area contributed by atoms with Gasteiger partial charge < -0.3 is 5.73 Å². The summed E-state index contributed by atoms with van der Waals surface area (Å²) in [6.07, 6.45) is 8.24. The first-order chi connectivity index (χ1) is 6.77. The molecule has 0 aromatic carbocycles. The minimum absolute atomic E-state index is 0.530. The predicted molar refractivity (Wildman–Crippen MR) is 57.0 cm³/mol. The van der Waals surface area contributed by atoms with Gasteiger partial charge in [-0.25, -0.2) is 4.98 Å². The van der Waals surface area contributed by atoms with Crippen LogP contribution in [-0.2, 0) is 0 Å². The van der Waals surface area contributed by atoms with Crippen LogP contribution in [0.25, 0.3) is 0 Å². The Morgan fingerprint density at radius 2 is 2.00 bits per heavy atom. The summed E-state index contributed by atoms with van der Waals surface area (Å²) in [5.41, 5.74) is 7.76. The number of hydrogen-bond acceptors (Lipinski definition) is 3. The van der Waals surface area contributed by atoms with E-state index >= 15 is 0 Å². The molecule has 1 aliphatic rings. The summed E-state index contributed by atoms with van der Waals surface area (Å²) in [4.78, 5) is 8.68. The van der Waals surface area contributed by atoms with E-state index in [0.717, 1.165) is 5.69 Å². The van der Waals surface area contributed by atoms with E-state index in [0.29, 0.717) is 11.7 Å². The summed E-state index contributed by atoms with van der Waals surface area (Å²) in [6, 6.07) is 0. The Hall–Kier alpha value is -1.12. The third-order valence-corrected chi connectivity index (χ3v) is 3.00. The summed E-state index contributed by atoms with van der Waals surface area (Å²) in [7, 11) is 0. The van der Waals surface area contributed by atoms with Crippen molar-refractivity contribution in [3.63, 3.8) is 0 Å². The van der Waals surface area contributed by atoms with E-state index in [4.69, 9.17) is 5.73 Å². The third kappa shape index (κ3) is 1.86. The van der Waals surface area contributed by atoms with Gasteiger partial charge in [-0.05, 0) is 19.8 Å². The molecular formula is C11H17N3. The largest absolute Gasteiger partial charge is 0.382 e. The Morgan fingerprint density at radius 3 is 2.64 bits per heavy atom. The molecule has 1 saturated carbocycles. The molecule has 1 aromatic heterocycles. The van der Waals surface area contributed by atoms with Gasteiger partial charge in [-0.2, -0.15) is 0 Å². The van der Waals surface area contributed by atoms with E-state index < -0.39 is 0 Å². The monoisotopic (exact) mass is 191 g/mol. The fourth-order valence-corrected chi connectivity index (χ4v) is 2.29. The fraction of sp³-hybridized carbons (Fsp3) is 0.636. The maximum atomic E-state index is 5.58. The van der Waals surface area contributed by atoms with Gasteiger partial charge in [0, 0.05) is 5.92 Å². The van der Waals surface area contributed by atoms with Gasteiger partial charge in [0.1, 0.15) is 5.82 Å². The summed E-state index contributed by atoms with van der Waals surface area (Å²) in [5.74, 6) is 1.15. The second-order valence-corrected chi connectivity index (χ2v) is 4.10. The molecule has 2 N–H and O–H groups in total. The lowest BCUT2D eigenvalue weighted by Gasteiger charge is -2.21. The molecule has 0 bridgehead atoms. The lowest BCUT2D eigenvalue weighted by atomic mass is 9.86. The molecule has 0 atom stereocenters. The molecule has 2 rings (SSSR count). The van der Waals surface area contributed by atoms with E-state index in [1.54, 1.807) is 6.20 Å². The van der Waals surface area contributed by atoms with Gasteiger partial charge >= 0.3 is 0 Å². The van der Waals surface area contributed by atoms with Crippen LogP contribution in [0.5, 0.6) is 0 Å². The number of anilines is 1. The van der Waals surface area contributed by atoms with Crippen molar-refractivity contribution in [1.29, 1.82) is 0 Å². The standard InChI is InChI=1S/C11H17N3/c1-8-11(13-7-10(12)14-8)9-5-3-2-4-6-9/h7,9H,2-6H2,1H3,(H2,12,14). The Balaban J connectivity index is 2.22. The molecule has 1 aromatic rings. The van der Waals surface area contributed by atoms with Crippen LogP contribution < -0.4 is 5.73 Å². The molecule has 14 heavy (non-hydrogen) atoms. The minimum atomic E-state index is 0.530. The van der Waals surface area contributed by atoms with E-state index in [1.165, 1.54) is 37.8 Å². The minimum Gasteiger partial charge on any atom is -0.382 e. The highest BCUT2D eigenvalue weighted by Crippen LogP contribution is 2.32. The average Bonchev–Trinajstić information content (AvgIpc) is 2.19. The molecule has 0 unspecified atom stereocenters. The van der Waals surface area contributed by atoms with Gasteiger partial charge in [-0.1, -0.05) is 19.3 Å².